The maximum Gasteiger partial charge on any atom is 0.251 e. The van der Waals surface area contributed by atoms with Crippen LogP contribution in [0.25, 0.3) is 0 Å². The van der Waals surface area contributed by atoms with Crippen LogP contribution in [-0.2, 0) is 24.1 Å². The number of hydrogen-bond donors (Lipinski definition) is 3. The van der Waals surface area contributed by atoms with E-state index in [1.165, 1.54) is 23.1 Å². The van der Waals surface area contributed by atoms with Gasteiger partial charge in [-0.2, -0.15) is 0 Å². The van der Waals surface area contributed by atoms with Gasteiger partial charge in [-0.1, -0.05) is 18.7 Å². The van der Waals surface area contributed by atoms with Gasteiger partial charge in [-0.3, -0.25) is 14.7 Å². The molecular weight excluding hydrogens is 346 g/mol. The zero-order valence-electron chi connectivity index (χ0n) is 13.3. The van der Waals surface area contributed by atoms with Crippen LogP contribution >= 0.6 is 23.1 Å². The van der Waals surface area contributed by atoms with Crippen molar-refractivity contribution in [3.05, 3.63) is 21.8 Å². The number of rotatable bonds is 7. The molecule has 0 atom stereocenters. The highest BCUT2D eigenvalue weighted by molar-refractivity contribution is 7.99. The number of amides is 2. The van der Waals surface area contributed by atoms with Crippen LogP contribution in [0.5, 0.6) is 0 Å². The number of aromatic amines is 1. The number of nitrogens with two attached hydrogens (primary N) is 1. The SMILES string of the molecule is CCCc1nc(SCC(=O)Nc2sc3c(c2C(N)=O)CCC3)n[nH]1. The second kappa shape index (κ2) is 7.35. The summed E-state index contributed by atoms with van der Waals surface area (Å²) in [5, 5.41) is 10.9. The van der Waals surface area contributed by atoms with Crippen molar-refractivity contribution in [2.45, 2.75) is 44.2 Å². The second-order valence-electron chi connectivity index (χ2n) is 5.58. The van der Waals surface area contributed by atoms with E-state index >= 15 is 0 Å². The number of fused-ring (bicyclic) bond motifs is 1. The predicted octanol–water partition coefficient (Wildman–Crippen LogP) is 2.14. The van der Waals surface area contributed by atoms with Crippen LogP contribution in [0.15, 0.2) is 5.16 Å². The number of hydrogen-bond acceptors (Lipinski definition) is 6. The Bertz CT molecular complexity index is 768. The van der Waals surface area contributed by atoms with Crippen molar-refractivity contribution in [3.63, 3.8) is 0 Å². The number of aromatic nitrogens is 3. The molecule has 2 aromatic rings. The molecule has 0 unspecified atom stereocenters. The third kappa shape index (κ3) is 3.62. The van der Waals surface area contributed by atoms with E-state index in [4.69, 9.17) is 5.73 Å². The van der Waals surface area contributed by atoms with Crippen molar-refractivity contribution in [2.75, 3.05) is 11.1 Å². The summed E-state index contributed by atoms with van der Waals surface area (Å²) in [6.07, 6.45) is 4.66. The average Bonchev–Trinajstić information content (AvgIpc) is 3.20. The molecule has 1 aliphatic carbocycles. The molecule has 0 saturated heterocycles. The summed E-state index contributed by atoms with van der Waals surface area (Å²) in [5.74, 6) is 0.343. The van der Waals surface area contributed by atoms with Gasteiger partial charge in [0.15, 0.2) is 0 Å². The molecule has 7 nitrogen and oxygen atoms in total. The molecule has 128 valence electrons. The summed E-state index contributed by atoms with van der Waals surface area (Å²) in [7, 11) is 0. The molecule has 0 spiro atoms. The quantitative estimate of drug-likeness (QED) is 0.651. The van der Waals surface area contributed by atoms with Crippen LogP contribution in [0.4, 0.5) is 5.00 Å². The molecule has 24 heavy (non-hydrogen) atoms. The highest BCUT2D eigenvalue weighted by atomic mass is 32.2. The maximum atomic E-state index is 12.2. The summed E-state index contributed by atoms with van der Waals surface area (Å²) < 4.78 is 0. The third-order valence-corrected chi connectivity index (χ3v) is 5.81. The van der Waals surface area contributed by atoms with Crippen molar-refractivity contribution >= 4 is 39.9 Å². The molecule has 2 aromatic heterocycles. The van der Waals surface area contributed by atoms with Crippen molar-refractivity contribution in [2.24, 2.45) is 5.73 Å². The Kier molecular flexibility index (Phi) is 5.20. The zero-order valence-corrected chi connectivity index (χ0v) is 15.0. The minimum absolute atomic E-state index is 0.185. The standard InChI is InChI=1S/C15H19N5O2S2/c1-2-4-10-17-15(20-19-10)23-7-11(21)18-14-12(13(16)22)8-5-3-6-9(8)24-14/h2-7H2,1H3,(H2,16,22)(H,18,21)(H,17,19,20). The fourth-order valence-corrected chi connectivity index (χ4v) is 4.66. The number of thiophene rings is 1. The van der Waals surface area contributed by atoms with E-state index in [0.717, 1.165) is 48.4 Å². The van der Waals surface area contributed by atoms with Crippen LogP contribution in [0, 0.1) is 0 Å². The Morgan fingerprint density at radius 1 is 1.42 bits per heavy atom. The summed E-state index contributed by atoms with van der Waals surface area (Å²) in [5.41, 5.74) is 6.98. The molecule has 0 saturated carbocycles. The molecule has 0 aromatic carbocycles. The highest BCUT2D eigenvalue weighted by Crippen LogP contribution is 2.38. The molecular formula is C15H19N5O2S2. The minimum Gasteiger partial charge on any atom is -0.365 e. The normalized spacial score (nSPS) is 13.0. The fourth-order valence-electron chi connectivity index (χ4n) is 2.74. The first-order valence-corrected chi connectivity index (χ1v) is 9.67. The minimum atomic E-state index is -0.476. The van der Waals surface area contributed by atoms with Crippen molar-refractivity contribution in [1.82, 2.24) is 15.2 Å². The van der Waals surface area contributed by atoms with E-state index < -0.39 is 5.91 Å². The number of anilines is 1. The van der Waals surface area contributed by atoms with Gasteiger partial charge in [0.2, 0.25) is 11.1 Å². The molecule has 2 heterocycles. The van der Waals surface area contributed by atoms with Crippen LogP contribution < -0.4 is 11.1 Å². The summed E-state index contributed by atoms with van der Waals surface area (Å²) in [6.45, 7) is 2.07. The molecule has 0 fully saturated rings. The number of carbonyl (C=O) groups excluding carboxylic acids is 2. The van der Waals surface area contributed by atoms with Gasteiger partial charge < -0.3 is 11.1 Å². The van der Waals surface area contributed by atoms with Gasteiger partial charge in [-0.25, -0.2) is 4.98 Å². The number of H-pyrrole nitrogens is 1. The van der Waals surface area contributed by atoms with Crippen molar-refractivity contribution in [1.29, 1.82) is 0 Å². The summed E-state index contributed by atoms with van der Waals surface area (Å²) in [4.78, 5) is 29.4. The van der Waals surface area contributed by atoms with Crippen LogP contribution in [0.2, 0.25) is 0 Å². The third-order valence-electron chi connectivity index (χ3n) is 3.75. The molecule has 2 amide bonds. The molecule has 9 heteroatoms. The largest absolute Gasteiger partial charge is 0.365 e. The zero-order chi connectivity index (χ0) is 17.1. The smallest absolute Gasteiger partial charge is 0.251 e. The number of carbonyl (C=O) groups is 2. The lowest BCUT2D eigenvalue weighted by molar-refractivity contribution is -0.113. The summed E-state index contributed by atoms with van der Waals surface area (Å²) >= 11 is 2.72. The van der Waals surface area contributed by atoms with Crippen LogP contribution in [-0.4, -0.2) is 32.7 Å². The van der Waals surface area contributed by atoms with Gasteiger partial charge >= 0.3 is 0 Å². The van der Waals surface area contributed by atoms with Gasteiger partial charge in [0.1, 0.15) is 10.8 Å². The fraction of sp³-hybridized carbons (Fsp3) is 0.467. The molecule has 4 N–H and O–H groups in total. The number of nitrogens with one attached hydrogen (secondary N) is 2. The Hall–Kier alpha value is -1.87. The molecule has 1 aliphatic rings. The maximum absolute atomic E-state index is 12.2. The lowest BCUT2D eigenvalue weighted by Crippen LogP contribution is -2.18. The van der Waals surface area contributed by atoms with Crippen LogP contribution in [0.1, 0.15) is 46.4 Å². The number of primary amides is 1. The molecule has 3 rings (SSSR count). The molecule has 0 aliphatic heterocycles. The first kappa shape index (κ1) is 17.0. The first-order chi connectivity index (χ1) is 11.6. The van der Waals surface area contributed by atoms with Crippen molar-refractivity contribution < 1.29 is 9.59 Å². The van der Waals surface area contributed by atoms with E-state index in [2.05, 4.69) is 27.4 Å². The van der Waals surface area contributed by atoms with E-state index in [0.29, 0.717) is 15.7 Å². The van der Waals surface area contributed by atoms with E-state index in [-0.39, 0.29) is 11.7 Å². The Morgan fingerprint density at radius 3 is 3.00 bits per heavy atom. The molecule has 0 radical (unpaired) electrons. The Morgan fingerprint density at radius 2 is 2.25 bits per heavy atom. The monoisotopic (exact) mass is 365 g/mol. The van der Waals surface area contributed by atoms with Crippen molar-refractivity contribution in [3.8, 4) is 0 Å². The lowest BCUT2D eigenvalue weighted by Gasteiger charge is -2.05. The van der Waals surface area contributed by atoms with Gasteiger partial charge in [0.05, 0.1) is 11.3 Å². The predicted molar refractivity (Wildman–Crippen MR) is 94.6 cm³/mol. The topological polar surface area (TPSA) is 114 Å². The Balaban J connectivity index is 1.62. The molecule has 0 bridgehead atoms. The van der Waals surface area contributed by atoms with E-state index in [1.807, 2.05) is 0 Å². The first-order valence-electron chi connectivity index (χ1n) is 7.86. The lowest BCUT2D eigenvalue weighted by atomic mass is 10.1. The van der Waals surface area contributed by atoms with Gasteiger partial charge in [0, 0.05) is 11.3 Å². The van der Waals surface area contributed by atoms with Gasteiger partial charge in [0.25, 0.3) is 5.91 Å². The van der Waals surface area contributed by atoms with Gasteiger partial charge in [-0.05, 0) is 31.2 Å². The van der Waals surface area contributed by atoms with Gasteiger partial charge in [-0.15, -0.1) is 16.4 Å². The van der Waals surface area contributed by atoms with E-state index in [1.54, 1.807) is 0 Å². The number of aryl methyl sites for hydroxylation is 2. The summed E-state index contributed by atoms with van der Waals surface area (Å²) in [6, 6.07) is 0. The second-order valence-corrected chi connectivity index (χ2v) is 7.62. The average molecular weight is 365 g/mol. The van der Waals surface area contributed by atoms with E-state index in [9.17, 15) is 9.59 Å². The van der Waals surface area contributed by atoms with Crippen LogP contribution in [0.3, 0.4) is 0 Å². The number of nitrogens with zero attached hydrogens (tertiary/aromatic N) is 2. The Labute approximate surface area is 147 Å². The number of thioether (sulfide) groups is 1. The highest BCUT2D eigenvalue weighted by Gasteiger charge is 2.26.